The van der Waals surface area contributed by atoms with Crippen molar-refractivity contribution < 1.29 is 37.8 Å². The Balaban J connectivity index is 1.73. The fraction of sp³-hybridized carbons (Fsp3) is 0. The normalized spacial score (nSPS) is 11.1. The molecule has 170 valence electrons. The average molecular weight is 479 g/mol. The van der Waals surface area contributed by atoms with Crippen LogP contribution in [-0.2, 0) is 10.1 Å². The van der Waals surface area contributed by atoms with Gasteiger partial charge in [0.25, 0.3) is 0 Å². The third-order valence-corrected chi connectivity index (χ3v) is 6.33. The van der Waals surface area contributed by atoms with Crippen molar-refractivity contribution in [2.45, 2.75) is 4.90 Å². The van der Waals surface area contributed by atoms with E-state index >= 15 is 0 Å². The average Bonchev–Trinajstić information content (AvgIpc) is 2.82. The van der Waals surface area contributed by atoms with Gasteiger partial charge in [0.1, 0.15) is 10.6 Å². The summed E-state index contributed by atoms with van der Waals surface area (Å²) < 4.78 is 30.9. The minimum Gasteiger partial charge on any atom is -0.508 e. The van der Waals surface area contributed by atoms with Crippen molar-refractivity contribution in [3.63, 3.8) is 0 Å². The van der Waals surface area contributed by atoms with Crippen LogP contribution in [0.15, 0.2) is 71.6 Å². The van der Waals surface area contributed by atoms with E-state index in [-0.39, 0.29) is 38.2 Å². The molecule has 0 radical (unpaired) electrons. The van der Waals surface area contributed by atoms with Crippen molar-refractivity contribution in [3.05, 3.63) is 82.8 Å². The zero-order valence-electron chi connectivity index (χ0n) is 17.1. The molecule has 4 aromatic carbocycles. The second-order valence-electron chi connectivity index (χ2n) is 7.11. The molecule has 0 aliphatic rings. The summed E-state index contributed by atoms with van der Waals surface area (Å²) in [5, 5.41) is 49.3. The highest BCUT2D eigenvalue weighted by Gasteiger charge is 2.27. The van der Waals surface area contributed by atoms with Crippen LogP contribution in [0.5, 0.6) is 28.7 Å². The summed E-state index contributed by atoms with van der Waals surface area (Å²) >= 11 is 0. The van der Waals surface area contributed by atoms with Crippen molar-refractivity contribution in [1.29, 1.82) is 5.39 Å². The number of phenolic OH excluding ortho intramolecular Hbond substituents is 4. The van der Waals surface area contributed by atoms with Crippen molar-refractivity contribution in [2.24, 2.45) is 0 Å². The number of carbonyl (C=O) groups excluding carboxylic acids is 1. The van der Waals surface area contributed by atoms with Crippen LogP contribution < -0.4 is 4.18 Å². The van der Waals surface area contributed by atoms with Gasteiger partial charge in [-0.3, -0.25) is 4.79 Å². The maximum atomic E-state index is 13.0. The number of aromatic hydroxyl groups is 4. The smallest absolute Gasteiger partial charge is 0.426 e. The maximum Gasteiger partial charge on any atom is 0.426 e. The molecule has 11 heteroatoms. The summed E-state index contributed by atoms with van der Waals surface area (Å²) in [5.41, 5.74) is -0.374. The van der Waals surface area contributed by atoms with Crippen LogP contribution in [0.4, 0.5) is 5.69 Å². The Labute approximate surface area is 192 Å². The molecule has 0 amide bonds. The number of fused-ring (bicyclic) bond motifs is 1. The van der Waals surface area contributed by atoms with Crippen LogP contribution >= 0.6 is 0 Å². The first-order valence-electron chi connectivity index (χ1n) is 9.57. The lowest BCUT2D eigenvalue weighted by Gasteiger charge is -2.13. The minimum atomic E-state index is -4.59. The third-order valence-electron chi connectivity index (χ3n) is 5.04. The van der Waals surface area contributed by atoms with Crippen molar-refractivity contribution in [2.75, 3.05) is 0 Å². The molecule has 0 aromatic heterocycles. The summed E-state index contributed by atoms with van der Waals surface area (Å²) in [6.07, 6.45) is 0. The molecule has 34 heavy (non-hydrogen) atoms. The van der Waals surface area contributed by atoms with Gasteiger partial charge >= 0.3 is 15.8 Å². The monoisotopic (exact) mass is 479 g/mol. The van der Waals surface area contributed by atoms with Gasteiger partial charge in [-0.1, -0.05) is 12.1 Å². The van der Waals surface area contributed by atoms with Gasteiger partial charge in [0.2, 0.25) is 16.9 Å². The largest absolute Gasteiger partial charge is 0.508 e. The summed E-state index contributed by atoms with van der Waals surface area (Å²) in [5.74, 6) is -3.70. The Morgan fingerprint density at radius 1 is 0.794 bits per heavy atom. The Bertz CT molecular complexity index is 1610. The molecule has 0 aliphatic heterocycles. The van der Waals surface area contributed by atoms with Crippen molar-refractivity contribution in [3.8, 4) is 28.7 Å². The van der Waals surface area contributed by atoms with E-state index in [1.807, 2.05) is 0 Å². The fourth-order valence-corrected chi connectivity index (χ4v) is 4.50. The first-order valence-corrected chi connectivity index (χ1v) is 11.0. The Morgan fingerprint density at radius 2 is 1.50 bits per heavy atom. The quantitative estimate of drug-likeness (QED) is 0.142. The number of hydrogen-bond acceptors (Lipinski definition) is 9. The Morgan fingerprint density at radius 3 is 2.18 bits per heavy atom. The number of nitrogens with zero attached hydrogens (tertiary/aromatic N) is 2. The van der Waals surface area contributed by atoms with E-state index in [0.717, 1.165) is 12.1 Å². The predicted octanol–water partition coefficient (Wildman–Crippen LogP) is 4.15. The van der Waals surface area contributed by atoms with Gasteiger partial charge in [0, 0.05) is 22.4 Å². The molecular weight excluding hydrogens is 464 g/mol. The maximum absolute atomic E-state index is 13.0. The first kappa shape index (κ1) is 22.4. The third kappa shape index (κ3) is 3.78. The number of benzene rings is 4. The molecule has 0 saturated carbocycles. The molecule has 0 heterocycles. The number of rotatable bonds is 5. The van der Waals surface area contributed by atoms with Crippen LogP contribution in [0.3, 0.4) is 0 Å². The molecule has 10 nitrogen and oxygen atoms in total. The minimum absolute atomic E-state index is 0.0511. The number of hydrogen-bond donors (Lipinski definition) is 4. The molecule has 4 rings (SSSR count). The van der Waals surface area contributed by atoms with Gasteiger partial charge in [-0.25, -0.2) is 0 Å². The molecular formula is C23H15N2O8S+. The van der Waals surface area contributed by atoms with Crippen LogP contribution in [0.25, 0.3) is 15.7 Å². The van der Waals surface area contributed by atoms with Gasteiger partial charge < -0.3 is 24.6 Å². The molecule has 0 atom stereocenters. The molecule has 0 unspecified atom stereocenters. The van der Waals surface area contributed by atoms with Gasteiger partial charge in [-0.2, -0.15) is 8.42 Å². The summed E-state index contributed by atoms with van der Waals surface area (Å²) in [6.45, 7) is 0. The number of carbonyl (C=O) groups is 1. The summed E-state index contributed by atoms with van der Waals surface area (Å²) in [6, 6.07) is 13.7. The predicted molar refractivity (Wildman–Crippen MR) is 119 cm³/mol. The highest BCUT2D eigenvalue weighted by atomic mass is 32.2. The SMILES string of the molecule is N#[N+]c1ccc2c(S(=O)(=O)Oc3ccc(C(=O)c4ccc(O)cc4)c(O)c3O)cccc2c1O. The van der Waals surface area contributed by atoms with Crippen LogP contribution in [0.1, 0.15) is 15.9 Å². The van der Waals surface area contributed by atoms with Gasteiger partial charge in [0.05, 0.1) is 5.56 Å². The molecule has 0 saturated heterocycles. The lowest BCUT2D eigenvalue weighted by atomic mass is 10.0. The summed E-state index contributed by atoms with van der Waals surface area (Å²) in [4.78, 5) is 15.2. The topological polar surface area (TPSA) is 170 Å². The standard InChI is InChI=1S/C23H14N2O8S/c24-25-17-10-8-14-15(21(17)28)2-1-3-19(14)34(31,32)33-18-11-9-16(22(29)23(18)30)20(27)12-4-6-13(26)7-5-12/h1-11,24H,(H2,26,27,28)/p+1. The van der Waals surface area contributed by atoms with E-state index in [9.17, 15) is 33.6 Å². The molecule has 0 spiro atoms. The first-order chi connectivity index (χ1) is 16.1. The molecule has 4 aromatic rings. The highest BCUT2D eigenvalue weighted by Crippen LogP contribution is 2.42. The van der Waals surface area contributed by atoms with E-state index in [1.54, 1.807) is 0 Å². The Hall–Kier alpha value is -4.82. The number of diazo groups is 1. The van der Waals surface area contributed by atoms with E-state index in [2.05, 4.69) is 4.98 Å². The highest BCUT2D eigenvalue weighted by molar-refractivity contribution is 7.87. The number of ketones is 1. The number of phenols is 4. The second-order valence-corrected chi connectivity index (χ2v) is 8.62. The zero-order chi connectivity index (χ0) is 24.6. The van der Waals surface area contributed by atoms with Crippen LogP contribution in [0.2, 0.25) is 0 Å². The molecule has 0 bridgehead atoms. The van der Waals surface area contributed by atoms with Crippen LogP contribution in [0, 0.1) is 5.39 Å². The van der Waals surface area contributed by atoms with Crippen LogP contribution in [-0.4, -0.2) is 34.6 Å². The van der Waals surface area contributed by atoms with Gasteiger partial charge in [-0.15, -0.1) is 0 Å². The van der Waals surface area contributed by atoms with E-state index in [4.69, 9.17) is 9.58 Å². The fourth-order valence-electron chi connectivity index (χ4n) is 3.34. The molecule has 4 N–H and O–H groups in total. The lowest BCUT2D eigenvalue weighted by molar-refractivity contribution is 0.103. The van der Waals surface area contributed by atoms with E-state index < -0.39 is 38.9 Å². The van der Waals surface area contributed by atoms with Gasteiger partial charge in [-0.05, 0) is 48.5 Å². The zero-order valence-corrected chi connectivity index (χ0v) is 17.9. The van der Waals surface area contributed by atoms with Crippen molar-refractivity contribution in [1.82, 2.24) is 0 Å². The van der Waals surface area contributed by atoms with E-state index in [0.29, 0.717) is 0 Å². The lowest BCUT2D eigenvalue weighted by Crippen LogP contribution is -2.11. The molecule has 0 fully saturated rings. The summed E-state index contributed by atoms with van der Waals surface area (Å²) in [7, 11) is -4.59. The van der Waals surface area contributed by atoms with E-state index in [1.165, 1.54) is 54.6 Å². The van der Waals surface area contributed by atoms with Crippen molar-refractivity contribution >= 4 is 32.4 Å². The second kappa shape index (κ2) is 8.27. The Kier molecular flexibility index (Phi) is 5.44. The molecule has 0 aliphatic carbocycles. The van der Waals surface area contributed by atoms with Gasteiger partial charge in [0.15, 0.2) is 22.3 Å².